The molecule has 2 aliphatic rings. The lowest BCUT2D eigenvalue weighted by molar-refractivity contribution is 0.0546. The highest BCUT2D eigenvalue weighted by atomic mass is 35.5. The number of ether oxygens (including phenoxy) is 2. The van der Waals surface area contributed by atoms with Gasteiger partial charge in [0, 0.05) is 17.7 Å². The molecule has 0 aromatic carbocycles. The molecular formula is C18H18ClFN4O3. The van der Waals surface area contributed by atoms with E-state index in [0.29, 0.717) is 29.1 Å². The highest BCUT2D eigenvalue weighted by Crippen LogP contribution is 2.31. The Kier molecular flexibility index (Phi) is 5.18. The molecule has 1 aliphatic carbocycles. The van der Waals surface area contributed by atoms with E-state index in [1.54, 1.807) is 39.0 Å². The Morgan fingerprint density at radius 1 is 1.37 bits per heavy atom. The Morgan fingerprint density at radius 3 is 2.89 bits per heavy atom. The molecule has 0 fully saturated rings. The van der Waals surface area contributed by atoms with E-state index in [1.165, 1.54) is 6.26 Å². The van der Waals surface area contributed by atoms with Crippen LogP contribution in [0, 0.1) is 5.82 Å². The second-order valence-corrected chi connectivity index (χ2v) is 7.14. The van der Waals surface area contributed by atoms with Crippen molar-refractivity contribution >= 4 is 23.5 Å². The third-order valence-corrected chi connectivity index (χ3v) is 3.67. The standard InChI is InChI=1S/C18H18ClFN4O3/c1-18(2,3)27-17(25)23-13-6-7-26-14-5-4-10(8-11(13)14)22-15-12(20)9-21-16(19)24-15/h4-7,9H,8H2,1-3H3,(H,23,25)(H,21,22,24). The highest BCUT2D eigenvalue weighted by molar-refractivity contribution is 6.28. The van der Waals surface area contributed by atoms with Crippen LogP contribution in [0.1, 0.15) is 27.2 Å². The van der Waals surface area contributed by atoms with Crippen LogP contribution in [0.3, 0.4) is 0 Å². The van der Waals surface area contributed by atoms with Crippen LogP contribution in [-0.4, -0.2) is 21.7 Å². The Bertz CT molecular complexity index is 900. The monoisotopic (exact) mass is 392 g/mol. The predicted octanol–water partition coefficient (Wildman–Crippen LogP) is 4.18. The van der Waals surface area contributed by atoms with Gasteiger partial charge in [-0.1, -0.05) is 0 Å². The average molecular weight is 393 g/mol. The van der Waals surface area contributed by atoms with Crippen molar-refractivity contribution in [2.75, 3.05) is 5.32 Å². The molecule has 7 nitrogen and oxygen atoms in total. The second kappa shape index (κ2) is 7.40. The number of alkyl carbamates (subject to hydrolysis) is 1. The summed E-state index contributed by atoms with van der Waals surface area (Å²) in [6, 6.07) is 0. The van der Waals surface area contributed by atoms with Crippen LogP contribution >= 0.6 is 11.6 Å². The minimum Gasteiger partial charge on any atom is -0.465 e. The van der Waals surface area contributed by atoms with Crippen molar-refractivity contribution in [2.24, 2.45) is 0 Å². The number of amides is 1. The fourth-order valence-corrected chi connectivity index (χ4v) is 2.56. The van der Waals surface area contributed by atoms with Crippen molar-refractivity contribution in [2.45, 2.75) is 32.8 Å². The molecule has 2 N–H and O–H groups in total. The molecule has 0 spiro atoms. The van der Waals surface area contributed by atoms with Crippen LogP contribution in [-0.2, 0) is 9.47 Å². The molecule has 3 rings (SSSR count). The van der Waals surface area contributed by atoms with Gasteiger partial charge in [0.2, 0.25) is 5.28 Å². The number of carbonyl (C=O) groups excluding carboxylic acids is 1. The molecule has 1 aromatic rings. The molecule has 27 heavy (non-hydrogen) atoms. The summed E-state index contributed by atoms with van der Waals surface area (Å²) in [4.78, 5) is 19.5. The number of carbonyl (C=O) groups is 1. The van der Waals surface area contributed by atoms with Crippen LogP contribution in [0.25, 0.3) is 0 Å². The first-order chi connectivity index (χ1) is 12.7. The molecule has 0 unspecified atom stereocenters. The highest BCUT2D eigenvalue weighted by Gasteiger charge is 2.24. The largest absolute Gasteiger partial charge is 0.465 e. The van der Waals surface area contributed by atoms with Crippen molar-refractivity contribution in [1.82, 2.24) is 15.3 Å². The Balaban J connectivity index is 1.79. The topological polar surface area (TPSA) is 85.4 Å². The van der Waals surface area contributed by atoms with Gasteiger partial charge in [-0.3, -0.25) is 5.32 Å². The molecule has 1 aromatic heterocycles. The van der Waals surface area contributed by atoms with Crippen molar-refractivity contribution in [3.05, 3.63) is 64.5 Å². The zero-order valence-corrected chi connectivity index (χ0v) is 15.7. The number of hydrogen-bond donors (Lipinski definition) is 2. The lowest BCUT2D eigenvalue weighted by Gasteiger charge is -2.25. The van der Waals surface area contributed by atoms with E-state index in [0.717, 1.165) is 6.20 Å². The van der Waals surface area contributed by atoms with Gasteiger partial charge in [-0.15, -0.1) is 0 Å². The quantitative estimate of drug-likeness (QED) is 0.751. The third kappa shape index (κ3) is 4.85. The van der Waals surface area contributed by atoms with E-state index in [1.807, 2.05) is 0 Å². The first kappa shape index (κ1) is 18.9. The Morgan fingerprint density at radius 2 is 2.15 bits per heavy atom. The predicted molar refractivity (Wildman–Crippen MR) is 98.0 cm³/mol. The molecule has 1 aliphatic heterocycles. The maximum Gasteiger partial charge on any atom is 0.412 e. The van der Waals surface area contributed by atoms with Gasteiger partial charge in [0.05, 0.1) is 18.2 Å². The van der Waals surface area contributed by atoms with Gasteiger partial charge in [-0.05, 0) is 50.6 Å². The fraction of sp³-hybridized carbons (Fsp3) is 0.278. The molecular weight excluding hydrogens is 375 g/mol. The minimum atomic E-state index is -0.629. The third-order valence-electron chi connectivity index (χ3n) is 3.48. The van der Waals surface area contributed by atoms with Crippen molar-refractivity contribution in [3.63, 3.8) is 0 Å². The number of nitrogens with zero attached hydrogens (tertiary/aromatic N) is 2. The normalized spacial score (nSPS) is 16.0. The Labute approximate surface area is 160 Å². The minimum absolute atomic E-state index is 0.0346. The number of anilines is 1. The van der Waals surface area contributed by atoms with E-state index in [-0.39, 0.29) is 11.1 Å². The van der Waals surface area contributed by atoms with E-state index < -0.39 is 17.5 Å². The van der Waals surface area contributed by atoms with Gasteiger partial charge in [-0.2, -0.15) is 4.98 Å². The van der Waals surface area contributed by atoms with Gasteiger partial charge >= 0.3 is 6.09 Å². The number of rotatable bonds is 3. The van der Waals surface area contributed by atoms with Gasteiger partial charge in [0.25, 0.3) is 0 Å². The van der Waals surface area contributed by atoms with Crippen LogP contribution in [0.5, 0.6) is 0 Å². The fourth-order valence-electron chi connectivity index (χ4n) is 2.43. The summed E-state index contributed by atoms with van der Waals surface area (Å²) in [5.41, 5.74) is 1.28. The summed E-state index contributed by atoms with van der Waals surface area (Å²) < 4.78 is 24.6. The van der Waals surface area contributed by atoms with Crippen LogP contribution in [0.2, 0.25) is 5.28 Å². The van der Waals surface area contributed by atoms with E-state index in [9.17, 15) is 9.18 Å². The summed E-state index contributed by atoms with van der Waals surface area (Å²) in [5, 5.41) is 5.53. The molecule has 0 saturated carbocycles. The molecule has 142 valence electrons. The zero-order chi connectivity index (χ0) is 19.6. The molecule has 0 radical (unpaired) electrons. The number of nitrogens with one attached hydrogen (secondary N) is 2. The van der Waals surface area contributed by atoms with E-state index in [2.05, 4.69) is 20.6 Å². The van der Waals surface area contributed by atoms with Gasteiger partial charge in [0.15, 0.2) is 11.6 Å². The molecule has 0 saturated heterocycles. The van der Waals surface area contributed by atoms with E-state index in [4.69, 9.17) is 21.1 Å². The lowest BCUT2D eigenvalue weighted by atomic mass is 9.99. The maximum absolute atomic E-state index is 13.9. The van der Waals surface area contributed by atoms with Crippen molar-refractivity contribution in [3.8, 4) is 0 Å². The van der Waals surface area contributed by atoms with Gasteiger partial charge < -0.3 is 14.8 Å². The molecule has 2 heterocycles. The van der Waals surface area contributed by atoms with Crippen LogP contribution < -0.4 is 10.6 Å². The van der Waals surface area contributed by atoms with Gasteiger partial charge in [0.1, 0.15) is 11.4 Å². The van der Waals surface area contributed by atoms with E-state index >= 15 is 0 Å². The maximum atomic E-state index is 13.9. The second-order valence-electron chi connectivity index (χ2n) is 6.80. The number of allylic oxidation sites excluding steroid dienone is 5. The number of hydrogen-bond acceptors (Lipinski definition) is 6. The summed E-state index contributed by atoms with van der Waals surface area (Å²) in [6.45, 7) is 5.34. The van der Waals surface area contributed by atoms with Gasteiger partial charge in [-0.25, -0.2) is 14.2 Å². The average Bonchev–Trinajstić information content (AvgIpc) is 2.57. The van der Waals surface area contributed by atoms with Crippen molar-refractivity contribution < 1.29 is 18.7 Å². The lowest BCUT2D eigenvalue weighted by Crippen LogP contribution is -2.33. The number of halogens is 2. The smallest absolute Gasteiger partial charge is 0.412 e. The van der Waals surface area contributed by atoms with Crippen LogP contribution in [0.15, 0.2) is 53.4 Å². The summed E-state index contributed by atoms with van der Waals surface area (Å²) in [5.74, 6) is -0.0844. The summed E-state index contributed by atoms with van der Waals surface area (Å²) >= 11 is 5.72. The Hall–Kier alpha value is -2.87. The SMILES string of the molecule is CC(C)(C)OC(=O)NC1=C2CC(Nc3nc(Cl)ncc3F)=CC=C2OC=C1. The molecule has 9 heteroatoms. The first-order valence-corrected chi connectivity index (χ1v) is 8.52. The van der Waals surface area contributed by atoms with Crippen molar-refractivity contribution in [1.29, 1.82) is 0 Å². The summed E-state index contributed by atoms with van der Waals surface area (Å²) in [6.07, 6.45) is 7.31. The molecule has 1 amide bonds. The zero-order valence-electron chi connectivity index (χ0n) is 15.0. The first-order valence-electron chi connectivity index (χ1n) is 8.14. The summed E-state index contributed by atoms with van der Waals surface area (Å²) in [7, 11) is 0. The molecule has 0 bridgehead atoms. The number of aromatic nitrogens is 2. The van der Waals surface area contributed by atoms with Crippen LogP contribution in [0.4, 0.5) is 15.0 Å². The molecule has 0 atom stereocenters. The number of fused-ring (bicyclic) bond motifs is 1.